The van der Waals surface area contributed by atoms with E-state index in [1.54, 1.807) is 0 Å². The highest BCUT2D eigenvalue weighted by Gasteiger charge is -0.295. The van der Waals surface area contributed by atoms with E-state index in [0.717, 1.165) is 0 Å². The molecule has 0 fully saturated rings. The van der Waals surface area contributed by atoms with Gasteiger partial charge in [-0.15, -0.1) is 0 Å². The standard InChI is InChI=1S/50H3N/h50*1H3/i/hD50. The SMILES string of the molecule is [2H]N.[2H]N.[2H]N.[2H]N.[2H]N.[2H]N.[2H]N.[2H]N.[2H]N.[2H]N.[2H]N.[2H]N.[2H]N.[2H]N.[2H]N.[2H]N.[2H]N.[2H]N.[2H]N.[2H]N.[2H]N.[2H]N.[2H]N.[2H]N.[2H]N.[2H]N.[2H]N.[2H]N.[2H]N.[2H]N.[2H]N.[2H]N.[2H]N.[2H]N.[2H]N.[2H]N.[2H]N.[2H]N.[2H]N.[2H]N.[2H]N.[2H]N.[2H]N.[2H]N.[2H]N.[2H]N.[2H]N.[2H]N.[2H]N.[2H]N. The van der Waals surface area contributed by atoms with Gasteiger partial charge in [-0.2, -0.15) is 0 Å². The second-order valence-corrected chi connectivity index (χ2v) is 0. The van der Waals surface area contributed by atoms with Gasteiger partial charge in [0.25, 0.3) is 0 Å². The highest BCUT2D eigenvalue weighted by atomic mass is 14.1. The first-order valence-corrected chi connectivity index (χ1v) is 0. The van der Waals surface area contributed by atoms with E-state index in [0.29, 0.717) is 0 Å². The monoisotopic (exact) mass is 902 g/mol. The Morgan fingerprint density at radius 1 is 0.0600 bits per heavy atom. The Labute approximate surface area is 381 Å². The molecule has 0 amide bonds. The van der Waals surface area contributed by atoms with E-state index in [2.05, 4.69) is 307 Å². The second kappa shape index (κ2) is 24900. The van der Waals surface area contributed by atoms with Crippen molar-refractivity contribution in [3.05, 3.63) is 0 Å². The summed E-state index contributed by atoms with van der Waals surface area (Å²) >= 11 is 0. The Morgan fingerprint density at radius 2 is 0.0600 bits per heavy atom. The minimum absolute atomic E-state index is 3.75. The van der Waals surface area contributed by atoms with E-state index in [4.69, 9.17) is 70.6 Å². The lowest BCUT2D eigenvalue weighted by atomic mass is 14.0. The van der Waals surface area contributed by atoms with Crippen LogP contribution in [0.3, 0.4) is 0 Å². The molecule has 50 heteroatoms. The molecule has 0 aromatic rings. The van der Waals surface area contributed by atoms with Crippen LogP contribution >= 0.6 is 0 Å². The van der Waals surface area contributed by atoms with Crippen molar-refractivity contribution in [1.29, 1.82) is 0 Å². The molecule has 0 aromatic carbocycles. The normalized spacial score (nSPS) is 7.00. The summed E-state index contributed by atoms with van der Waals surface area (Å²) in [7, 11) is 0. The van der Waals surface area contributed by atoms with E-state index < -0.39 is 0 Å². The van der Waals surface area contributed by atoms with Crippen molar-refractivity contribution in [3.63, 3.8) is 0 Å². The third-order valence-electron chi connectivity index (χ3n) is 0. The zero-order valence-electron chi connectivity index (χ0n) is 78.9. The molecule has 0 saturated heterocycles. The Hall–Kier alpha value is -2.00. The molecule has 0 heterocycles. The maximum absolute atomic E-state index is 5.25. The Morgan fingerprint density at radius 3 is 0.0600 bits per heavy atom. The fourth-order valence-electron chi connectivity index (χ4n) is 0. The van der Waals surface area contributed by atoms with E-state index in [1.165, 1.54) is 0 Å². The van der Waals surface area contributed by atoms with Gasteiger partial charge in [-0.1, -0.05) is 0 Å². The van der Waals surface area contributed by atoms with Gasteiger partial charge in [-0.25, -0.2) is 0 Å². The maximum atomic E-state index is 5.25. The fraction of sp³-hybridized carbons (Fsp3) is 0. The van der Waals surface area contributed by atoms with Crippen LogP contribution in [-0.4, -0.2) is 0 Å². The van der Waals surface area contributed by atoms with Crippen LogP contribution in [0.15, 0.2) is 0 Å². The van der Waals surface area contributed by atoms with Gasteiger partial charge in [0.05, 0.1) is 0 Å². The molecule has 150 N–H and O–H groups in total. The zero-order chi connectivity index (χ0) is 100. The molecule has 0 rings (SSSR count). The van der Waals surface area contributed by atoms with Gasteiger partial charge in [0.15, 0.2) is 0 Å². The van der Waals surface area contributed by atoms with Crippen LogP contribution in [0, 0.1) is 0 Å². The smallest absolute Gasteiger partial charge is 0.115 e. The van der Waals surface area contributed by atoms with Crippen LogP contribution in [-0.2, 0) is 0 Å². The van der Waals surface area contributed by atoms with Crippen molar-refractivity contribution in [3.8, 4) is 0 Å². The third kappa shape index (κ3) is 23300. The Balaban J connectivity index is -0.00000000531. The molecular formula is H150N50. The minimum Gasteiger partial charge on any atom is -0.344 e. The quantitative estimate of drug-likeness (QED) is 0.109. The molecule has 0 aromatic heterocycles. The molecular weight excluding hydrogens is 700 g/mol. The van der Waals surface area contributed by atoms with Gasteiger partial charge in [-0.3, -0.25) is 0 Å². The Kier molecular flexibility index (Phi) is 22900. The maximum Gasteiger partial charge on any atom is 0.115 e. The predicted molar refractivity (Wildman–Crippen MR) is 251 cm³/mol. The van der Waals surface area contributed by atoms with E-state index in [1.807, 2.05) is 0 Å². The summed E-state index contributed by atoms with van der Waals surface area (Å²) in [5, 5.41) is 0. The van der Waals surface area contributed by atoms with Crippen LogP contribution < -0.4 is 307 Å². The van der Waals surface area contributed by atoms with Crippen molar-refractivity contribution >= 4 is 0 Å². The zero-order valence-corrected chi connectivity index (χ0v) is 28.9. The van der Waals surface area contributed by atoms with Crippen molar-refractivity contribution in [2.45, 2.75) is 0 Å². The van der Waals surface area contributed by atoms with Crippen LogP contribution in [0.4, 0.5) is 0 Å². The van der Waals surface area contributed by atoms with Gasteiger partial charge >= 0.3 is 0 Å². The van der Waals surface area contributed by atoms with Crippen LogP contribution in [0.25, 0.3) is 0 Å². The highest BCUT2D eigenvalue weighted by Crippen LogP contribution is -0.432. The van der Waals surface area contributed by atoms with E-state index in [9.17, 15) is 0 Å². The molecule has 0 bridgehead atoms. The Bertz CT molecular complexity index is 100. The molecule has 0 aliphatic carbocycles. The summed E-state index contributed by atoms with van der Waals surface area (Å²) in [6.07, 6.45) is 188. The van der Waals surface area contributed by atoms with Crippen molar-refractivity contribution in [2.24, 2.45) is 0 Å². The number of hydrogen-bond donors (Lipinski definition) is 50. The molecule has 0 spiro atoms. The summed E-state index contributed by atoms with van der Waals surface area (Å²) in [5.41, 5.74) is 0. The molecule has 50 heavy (non-hydrogen) atoms. The van der Waals surface area contributed by atoms with Crippen molar-refractivity contribution < 1.29 is 70.6 Å². The lowest BCUT2D eigenvalue weighted by molar-refractivity contribution is 2.13. The second-order valence-electron chi connectivity index (χ2n) is 0. The summed E-state index contributed by atoms with van der Waals surface area (Å²) < 4.78 is 262. The van der Waals surface area contributed by atoms with E-state index >= 15 is 0 Å². The number of hydrogen-bond acceptors (Lipinski definition) is 50. The highest BCUT2D eigenvalue weighted by molar-refractivity contribution is 2.18. The van der Waals surface area contributed by atoms with Crippen molar-refractivity contribution in [2.75, 3.05) is 0 Å². The van der Waals surface area contributed by atoms with Gasteiger partial charge in [0, 0.05) is 0 Å². The molecule has 0 atom stereocenters. The molecule has 400 valence electrons. The van der Waals surface area contributed by atoms with Crippen LogP contribution in [0.2, 0.25) is 70.6 Å². The molecule has 0 unspecified atom stereocenters. The topological polar surface area (TPSA) is 1750 Å². The lowest BCUT2D eigenvalue weighted by Gasteiger charge is -0.345. The lowest BCUT2D eigenvalue weighted by Crippen LogP contribution is -0.482. The molecule has 50 nitrogen and oxygen atoms in total. The average molecular weight is 902 g/mol. The largest absolute Gasteiger partial charge is 0.344 e. The number of rotatable bonds is 0. The molecule has 0 aliphatic rings. The third-order valence-corrected chi connectivity index (χ3v) is 0. The van der Waals surface area contributed by atoms with Gasteiger partial charge in [0.2, 0.25) is 0 Å². The van der Waals surface area contributed by atoms with Gasteiger partial charge in [0.1, 0.15) is 70.6 Å². The first kappa shape index (κ1) is 46.0. The van der Waals surface area contributed by atoms with E-state index in [-0.39, 0.29) is 0 Å². The van der Waals surface area contributed by atoms with Gasteiger partial charge < -0.3 is 307 Å². The summed E-state index contributed by atoms with van der Waals surface area (Å²) in [6.45, 7) is 0. The first-order chi connectivity index (χ1) is 50.0. The first-order valence-electron chi connectivity index (χ1n) is 28.9. The molecule has 0 radical (unpaired) electrons. The minimum atomic E-state index is 3.75. The van der Waals surface area contributed by atoms with Crippen molar-refractivity contribution in [1.82, 2.24) is 307 Å². The summed E-state index contributed by atoms with van der Waals surface area (Å²) in [4.78, 5) is 0. The summed E-state index contributed by atoms with van der Waals surface area (Å²) in [5.74, 6) is 0. The average Bonchev–Trinajstić information content (AvgIpc) is 3.87. The fourth-order valence-corrected chi connectivity index (χ4v) is 0. The van der Waals surface area contributed by atoms with Gasteiger partial charge in [-0.05, 0) is 0 Å². The molecule has 0 aliphatic heterocycles. The van der Waals surface area contributed by atoms with Crippen LogP contribution in [0.1, 0.15) is 0 Å². The predicted octanol–water partition coefficient (Wildman–Crippen LogP) is 8.10. The summed E-state index contributed by atoms with van der Waals surface area (Å²) in [6, 6.07) is 0. The van der Waals surface area contributed by atoms with Crippen LogP contribution in [0.5, 0.6) is 0 Å². The molecule has 0 saturated carbocycles.